The van der Waals surface area contributed by atoms with E-state index in [0.717, 1.165) is 13.2 Å². The Kier molecular flexibility index (Phi) is 2.34. The number of nitrogens with zero attached hydrogens (tertiary/aromatic N) is 2. The van der Waals surface area contributed by atoms with Crippen LogP contribution in [0.4, 0.5) is 8.78 Å². The molecule has 0 atom stereocenters. The van der Waals surface area contributed by atoms with Gasteiger partial charge in [-0.05, 0) is 0 Å². The molecule has 0 aliphatic carbocycles. The number of fused-ring (bicyclic) bond motifs is 1. The van der Waals surface area contributed by atoms with Crippen LogP contribution in [0.1, 0.15) is 10.4 Å². The molecular weight excluding hydrogens is 218 g/mol. The van der Waals surface area contributed by atoms with E-state index in [2.05, 4.69) is 9.84 Å². The molecule has 0 radical (unpaired) electrons. The fourth-order valence-corrected chi connectivity index (χ4v) is 1.51. The van der Waals surface area contributed by atoms with E-state index in [4.69, 9.17) is 0 Å². The van der Waals surface area contributed by atoms with Crippen molar-refractivity contribution in [3.63, 3.8) is 0 Å². The fourth-order valence-electron chi connectivity index (χ4n) is 1.51. The molecular formula is C10H8F2N2O2. The SMILES string of the molecule is COC(=O)c1c(F)cc2c(cnn2C)c1F. The number of methoxy groups -OCH3 is 1. The molecule has 2 aromatic rings. The van der Waals surface area contributed by atoms with Gasteiger partial charge >= 0.3 is 5.97 Å². The van der Waals surface area contributed by atoms with Crippen molar-refractivity contribution < 1.29 is 18.3 Å². The standard InChI is InChI=1S/C10H8F2N2O2/c1-14-7-3-6(11)8(10(15)16-2)9(12)5(7)4-13-14/h3-4H,1-2H3. The maximum atomic E-state index is 13.8. The van der Waals surface area contributed by atoms with Crippen molar-refractivity contribution in [3.05, 3.63) is 29.5 Å². The van der Waals surface area contributed by atoms with Crippen molar-refractivity contribution >= 4 is 16.9 Å². The average Bonchev–Trinajstić information content (AvgIpc) is 2.60. The molecule has 84 valence electrons. The molecule has 6 heteroatoms. The van der Waals surface area contributed by atoms with Crippen LogP contribution in [0.3, 0.4) is 0 Å². The fraction of sp³-hybridized carbons (Fsp3) is 0.200. The van der Waals surface area contributed by atoms with Crippen molar-refractivity contribution in [1.82, 2.24) is 9.78 Å². The average molecular weight is 226 g/mol. The third-order valence-corrected chi connectivity index (χ3v) is 2.33. The number of aryl methyl sites for hydroxylation is 1. The smallest absolute Gasteiger partial charge is 0.343 e. The number of aromatic nitrogens is 2. The topological polar surface area (TPSA) is 44.1 Å². The van der Waals surface area contributed by atoms with Crippen LogP contribution in [0.5, 0.6) is 0 Å². The van der Waals surface area contributed by atoms with Crippen LogP contribution < -0.4 is 0 Å². The molecule has 2 rings (SSSR count). The van der Waals surface area contributed by atoms with Crippen molar-refractivity contribution in [2.75, 3.05) is 7.11 Å². The Bertz CT molecular complexity index is 578. The van der Waals surface area contributed by atoms with Gasteiger partial charge in [0.25, 0.3) is 0 Å². The van der Waals surface area contributed by atoms with Crippen molar-refractivity contribution in [2.24, 2.45) is 7.05 Å². The first-order chi connectivity index (χ1) is 7.56. The molecule has 16 heavy (non-hydrogen) atoms. The van der Waals surface area contributed by atoms with E-state index in [1.165, 1.54) is 10.9 Å². The highest BCUT2D eigenvalue weighted by Gasteiger charge is 2.22. The minimum absolute atomic E-state index is 0.0873. The molecule has 0 aliphatic rings. The molecule has 1 aromatic carbocycles. The molecule has 0 amide bonds. The molecule has 0 N–H and O–H groups in total. The van der Waals surface area contributed by atoms with Gasteiger partial charge < -0.3 is 4.74 Å². The van der Waals surface area contributed by atoms with Gasteiger partial charge in [0.05, 0.1) is 24.2 Å². The zero-order valence-electron chi connectivity index (χ0n) is 8.62. The van der Waals surface area contributed by atoms with E-state index >= 15 is 0 Å². The Morgan fingerprint density at radius 2 is 2.19 bits per heavy atom. The zero-order valence-corrected chi connectivity index (χ0v) is 8.62. The Balaban J connectivity index is 2.81. The van der Waals surface area contributed by atoms with E-state index in [1.54, 1.807) is 7.05 Å². The number of carbonyl (C=O) groups is 1. The van der Waals surface area contributed by atoms with Crippen molar-refractivity contribution in [2.45, 2.75) is 0 Å². The Morgan fingerprint density at radius 3 is 2.81 bits per heavy atom. The van der Waals surface area contributed by atoms with Crippen LogP contribution in [0.25, 0.3) is 10.9 Å². The van der Waals surface area contributed by atoms with Gasteiger partial charge in [-0.1, -0.05) is 0 Å². The molecule has 0 fully saturated rings. The molecule has 0 aliphatic heterocycles. The molecule has 0 unspecified atom stereocenters. The highest BCUT2D eigenvalue weighted by atomic mass is 19.1. The van der Waals surface area contributed by atoms with Crippen LogP contribution in [0, 0.1) is 11.6 Å². The number of hydrogen-bond acceptors (Lipinski definition) is 3. The predicted octanol–water partition coefficient (Wildman–Crippen LogP) is 1.64. The van der Waals surface area contributed by atoms with Gasteiger partial charge in [-0.25, -0.2) is 13.6 Å². The lowest BCUT2D eigenvalue weighted by Gasteiger charge is -2.04. The molecule has 1 aromatic heterocycles. The van der Waals surface area contributed by atoms with Gasteiger partial charge in [0.1, 0.15) is 11.4 Å². The molecule has 1 heterocycles. The van der Waals surface area contributed by atoms with Crippen molar-refractivity contribution in [1.29, 1.82) is 0 Å². The minimum Gasteiger partial charge on any atom is -0.465 e. The second-order valence-corrected chi connectivity index (χ2v) is 3.24. The van der Waals surface area contributed by atoms with Gasteiger partial charge in [-0.15, -0.1) is 0 Å². The minimum atomic E-state index is -1.04. The van der Waals surface area contributed by atoms with E-state index in [1.807, 2.05) is 0 Å². The quantitative estimate of drug-likeness (QED) is 0.694. The Labute approximate surface area is 89.4 Å². The van der Waals surface area contributed by atoms with Gasteiger partial charge in [-0.2, -0.15) is 5.10 Å². The lowest BCUT2D eigenvalue weighted by molar-refractivity contribution is 0.0590. The van der Waals surface area contributed by atoms with Crippen LogP contribution >= 0.6 is 0 Å². The normalized spacial score (nSPS) is 10.8. The lowest BCUT2D eigenvalue weighted by atomic mass is 10.1. The van der Waals surface area contributed by atoms with E-state index in [-0.39, 0.29) is 10.9 Å². The number of rotatable bonds is 1. The maximum Gasteiger partial charge on any atom is 0.343 e. The summed E-state index contributed by atoms with van der Waals surface area (Å²) in [6.07, 6.45) is 1.23. The van der Waals surface area contributed by atoms with Crippen molar-refractivity contribution in [3.8, 4) is 0 Å². The van der Waals surface area contributed by atoms with Gasteiger partial charge in [0.15, 0.2) is 5.82 Å². The predicted molar refractivity (Wildman–Crippen MR) is 52.0 cm³/mol. The number of carbonyl (C=O) groups excluding carboxylic acids is 1. The largest absolute Gasteiger partial charge is 0.465 e. The monoisotopic (exact) mass is 226 g/mol. The summed E-state index contributed by atoms with van der Waals surface area (Å²) in [5.41, 5.74) is -0.411. The van der Waals surface area contributed by atoms with Gasteiger partial charge in [0, 0.05) is 13.1 Å². The number of halogens is 2. The maximum absolute atomic E-state index is 13.8. The first kappa shape index (κ1) is 10.5. The molecule has 4 nitrogen and oxygen atoms in total. The summed E-state index contributed by atoms with van der Waals surface area (Å²) in [6.45, 7) is 0. The Morgan fingerprint density at radius 1 is 1.50 bits per heavy atom. The summed E-state index contributed by atoms with van der Waals surface area (Å²) in [7, 11) is 2.62. The highest BCUT2D eigenvalue weighted by molar-refractivity contribution is 5.95. The van der Waals surface area contributed by atoms with Gasteiger partial charge in [-0.3, -0.25) is 4.68 Å². The summed E-state index contributed by atoms with van der Waals surface area (Å²) in [4.78, 5) is 11.2. The third kappa shape index (κ3) is 1.34. The summed E-state index contributed by atoms with van der Waals surface area (Å²) in [5, 5.41) is 3.87. The number of benzene rings is 1. The molecule has 0 saturated carbocycles. The van der Waals surface area contributed by atoms with Crippen LogP contribution in [0.2, 0.25) is 0 Å². The van der Waals surface area contributed by atoms with Crippen LogP contribution in [0.15, 0.2) is 12.3 Å². The molecule has 0 spiro atoms. The molecule has 0 saturated heterocycles. The second-order valence-electron chi connectivity index (χ2n) is 3.24. The number of hydrogen-bond donors (Lipinski definition) is 0. The summed E-state index contributed by atoms with van der Waals surface area (Å²) in [5.74, 6) is -2.95. The second kappa shape index (κ2) is 3.55. The summed E-state index contributed by atoms with van der Waals surface area (Å²) >= 11 is 0. The number of ether oxygens (including phenoxy) is 1. The lowest BCUT2D eigenvalue weighted by Crippen LogP contribution is -2.08. The highest BCUT2D eigenvalue weighted by Crippen LogP contribution is 2.23. The zero-order chi connectivity index (χ0) is 11.9. The summed E-state index contributed by atoms with van der Waals surface area (Å²) in [6, 6.07) is 1.05. The Hall–Kier alpha value is -1.98. The number of esters is 1. The van der Waals surface area contributed by atoms with Crippen LogP contribution in [-0.4, -0.2) is 22.9 Å². The molecule has 0 bridgehead atoms. The van der Waals surface area contributed by atoms with E-state index in [9.17, 15) is 13.6 Å². The van der Waals surface area contributed by atoms with E-state index < -0.39 is 23.2 Å². The first-order valence-electron chi connectivity index (χ1n) is 4.44. The first-order valence-corrected chi connectivity index (χ1v) is 4.44. The summed E-state index contributed by atoms with van der Waals surface area (Å²) < 4.78 is 32.9. The van der Waals surface area contributed by atoms with E-state index in [0.29, 0.717) is 0 Å². The van der Waals surface area contributed by atoms with Crippen LogP contribution in [-0.2, 0) is 11.8 Å². The third-order valence-electron chi connectivity index (χ3n) is 2.33. The van der Waals surface area contributed by atoms with Gasteiger partial charge in [0.2, 0.25) is 0 Å².